The molecule has 0 radical (unpaired) electrons. The van der Waals surface area contributed by atoms with Crippen molar-refractivity contribution >= 4 is 23.1 Å². The van der Waals surface area contributed by atoms with Gasteiger partial charge in [0.05, 0.1) is 5.69 Å². The molecule has 2 heteroatoms. The van der Waals surface area contributed by atoms with Crippen LogP contribution in [0.25, 0.3) is 0 Å². The highest BCUT2D eigenvalue weighted by atomic mass is 32.2. The van der Waals surface area contributed by atoms with E-state index in [-0.39, 0.29) is 0 Å². The highest BCUT2D eigenvalue weighted by molar-refractivity contribution is 7.98. The number of hydrogen-bond acceptors (Lipinski definition) is 2. The van der Waals surface area contributed by atoms with Gasteiger partial charge in [-0.25, -0.2) is 0 Å². The van der Waals surface area contributed by atoms with Crippen LogP contribution in [0.3, 0.4) is 0 Å². The molecule has 0 atom stereocenters. The first-order chi connectivity index (χ1) is 7.90. The molecule has 2 rings (SSSR count). The lowest BCUT2D eigenvalue weighted by molar-refractivity contribution is 1.42. The van der Waals surface area contributed by atoms with Gasteiger partial charge in [0.25, 0.3) is 0 Å². The summed E-state index contributed by atoms with van der Waals surface area (Å²) >= 11 is 1.53. The fraction of sp³-hybridized carbons (Fsp3) is 0.0769. The summed E-state index contributed by atoms with van der Waals surface area (Å²) in [6.07, 6.45) is 0.341. The molecule has 0 heterocycles. The Morgan fingerprint density at radius 1 is 1.00 bits per heavy atom. The molecule has 0 spiro atoms. The Kier molecular flexibility index (Phi) is 2.89. The van der Waals surface area contributed by atoms with Crippen molar-refractivity contribution < 1.29 is 1.37 Å². The third-order valence-corrected chi connectivity index (χ3v) is 2.76. The number of nitrogens with one attached hydrogen (secondary N) is 1. The Morgan fingerprint density at radius 3 is 2.53 bits per heavy atom. The fourth-order valence-corrected chi connectivity index (χ4v) is 1.82. The maximum Gasteiger partial charge on any atom is 0.0522 e. The lowest BCUT2D eigenvalue weighted by Gasteiger charge is -2.09. The molecular weight excluding hydrogens is 202 g/mol. The van der Waals surface area contributed by atoms with Crippen molar-refractivity contribution in [3.63, 3.8) is 0 Å². The molecule has 0 fully saturated rings. The lowest BCUT2D eigenvalue weighted by atomic mass is 10.3. The zero-order valence-electron chi connectivity index (χ0n) is 9.31. The predicted octanol–water partition coefficient (Wildman–Crippen LogP) is 4.15. The summed E-state index contributed by atoms with van der Waals surface area (Å²) in [7, 11) is 0. The van der Waals surface area contributed by atoms with Crippen LogP contribution in [-0.4, -0.2) is 6.23 Å². The van der Waals surface area contributed by atoms with Gasteiger partial charge < -0.3 is 5.32 Å². The van der Waals surface area contributed by atoms with E-state index in [0.29, 0.717) is 6.23 Å². The van der Waals surface area contributed by atoms with Crippen molar-refractivity contribution in [3.05, 3.63) is 54.6 Å². The molecule has 0 aliphatic carbocycles. The van der Waals surface area contributed by atoms with Crippen LogP contribution in [0.1, 0.15) is 1.37 Å². The number of para-hydroxylation sites is 2. The van der Waals surface area contributed by atoms with Gasteiger partial charge in [-0.3, -0.25) is 0 Å². The van der Waals surface area contributed by atoms with Crippen LogP contribution in [0.2, 0.25) is 0 Å². The molecule has 0 unspecified atom stereocenters. The van der Waals surface area contributed by atoms with Crippen molar-refractivity contribution in [3.8, 4) is 0 Å². The zero-order valence-corrected chi connectivity index (χ0v) is 9.13. The topological polar surface area (TPSA) is 12.0 Å². The van der Waals surface area contributed by atoms with Gasteiger partial charge in [-0.05, 0) is 30.5 Å². The van der Waals surface area contributed by atoms with E-state index in [4.69, 9.17) is 1.37 Å². The highest BCUT2D eigenvalue weighted by Gasteiger charge is 1.99. The maximum absolute atomic E-state index is 7.25. The van der Waals surface area contributed by atoms with Crippen molar-refractivity contribution in [2.45, 2.75) is 4.90 Å². The van der Waals surface area contributed by atoms with Crippen LogP contribution in [0.4, 0.5) is 11.4 Å². The Balaban J connectivity index is 2.21. The fourth-order valence-electron chi connectivity index (χ4n) is 1.37. The lowest BCUT2D eigenvalue weighted by Crippen LogP contribution is -1.91. The largest absolute Gasteiger partial charge is 0.355 e. The second-order valence-corrected chi connectivity index (χ2v) is 3.86. The van der Waals surface area contributed by atoms with Gasteiger partial charge in [0, 0.05) is 12.0 Å². The van der Waals surface area contributed by atoms with E-state index >= 15 is 0 Å². The molecule has 76 valence electrons. The SMILES string of the molecule is [2H]CSc1ccccc1Nc1ccccc1. The summed E-state index contributed by atoms with van der Waals surface area (Å²) in [6, 6.07) is 18.1. The minimum Gasteiger partial charge on any atom is -0.355 e. The molecule has 2 aromatic rings. The van der Waals surface area contributed by atoms with Crippen LogP contribution >= 0.6 is 11.8 Å². The maximum atomic E-state index is 7.25. The number of thioether (sulfide) groups is 1. The molecule has 1 N–H and O–H groups in total. The Morgan fingerprint density at radius 2 is 1.73 bits per heavy atom. The minimum absolute atomic E-state index is 0.341. The predicted molar refractivity (Wildman–Crippen MR) is 67.9 cm³/mol. The first-order valence-corrected chi connectivity index (χ1v) is 5.72. The quantitative estimate of drug-likeness (QED) is 0.773. The van der Waals surface area contributed by atoms with Gasteiger partial charge in [-0.1, -0.05) is 30.3 Å². The summed E-state index contributed by atoms with van der Waals surface area (Å²) in [4.78, 5) is 1.11. The summed E-state index contributed by atoms with van der Waals surface area (Å²) in [5.74, 6) is 0. The molecule has 0 aromatic heterocycles. The Hall–Kier alpha value is -1.41. The van der Waals surface area contributed by atoms with E-state index in [2.05, 4.69) is 5.32 Å². The molecule has 0 saturated carbocycles. The highest BCUT2D eigenvalue weighted by Crippen LogP contribution is 2.27. The molecule has 15 heavy (non-hydrogen) atoms. The summed E-state index contributed by atoms with van der Waals surface area (Å²) in [5.41, 5.74) is 2.13. The van der Waals surface area contributed by atoms with Crippen molar-refractivity contribution in [2.24, 2.45) is 0 Å². The Labute approximate surface area is 95.9 Å². The van der Waals surface area contributed by atoms with Crippen LogP contribution in [0.15, 0.2) is 59.5 Å². The second-order valence-electron chi connectivity index (χ2n) is 3.13. The van der Waals surface area contributed by atoms with E-state index in [0.717, 1.165) is 16.3 Å². The smallest absolute Gasteiger partial charge is 0.0522 e. The first kappa shape index (κ1) is 8.86. The second kappa shape index (κ2) is 4.89. The molecule has 0 amide bonds. The van der Waals surface area contributed by atoms with Gasteiger partial charge >= 0.3 is 0 Å². The van der Waals surface area contributed by atoms with Crippen LogP contribution in [-0.2, 0) is 0 Å². The molecule has 1 nitrogen and oxygen atoms in total. The van der Waals surface area contributed by atoms with Crippen LogP contribution in [0.5, 0.6) is 0 Å². The monoisotopic (exact) mass is 216 g/mol. The summed E-state index contributed by atoms with van der Waals surface area (Å²) in [6.45, 7) is 0. The number of hydrogen-bond donors (Lipinski definition) is 1. The van der Waals surface area contributed by atoms with E-state index < -0.39 is 0 Å². The van der Waals surface area contributed by atoms with E-state index in [1.54, 1.807) is 0 Å². The van der Waals surface area contributed by atoms with Gasteiger partial charge in [0.15, 0.2) is 0 Å². The first-order valence-electron chi connectivity index (χ1n) is 5.44. The molecular formula is C13H13NS. The number of rotatable bonds is 3. The number of benzene rings is 2. The average molecular weight is 216 g/mol. The molecule has 0 bridgehead atoms. The number of anilines is 2. The van der Waals surface area contributed by atoms with Gasteiger partial charge in [-0.15, -0.1) is 11.8 Å². The standard InChI is InChI=1S/C13H13NS/c1-15-13-10-6-5-9-12(13)14-11-7-3-2-4-8-11/h2-10,14H,1H3/i1D. The normalized spacial score (nSPS) is 10.8. The third kappa shape index (κ3) is 2.54. The molecule has 0 saturated heterocycles. The Bertz CT molecular complexity index is 445. The average Bonchev–Trinajstić information content (AvgIpc) is 2.33. The van der Waals surface area contributed by atoms with Crippen LogP contribution in [0, 0.1) is 0 Å². The van der Waals surface area contributed by atoms with Crippen molar-refractivity contribution in [1.82, 2.24) is 0 Å². The molecule has 0 aliphatic heterocycles. The van der Waals surface area contributed by atoms with E-state index in [9.17, 15) is 0 Å². The van der Waals surface area contributed by atoms with Gasteiger partial charge in [0.1, 0.15) is 0 Å². The molecule has 0 aliphatic rings. The van der Waals surface area contributed by atoms with E-state index in [1.807, 2.05) is 54.6 Å². The van der Waals surface area contributed by atoms with E-state index in [1.165, 1.54) is 11.8 Å². The van der Waals surface area contributed by atoms with Gasteiger partial charge in [0.2, 0.25) is 0 Å². The summed E-state index contributed by atoms with van der Waals surface area (Å²) < 4.78 is 7.25. The van der Waals surface area contributed by atoms with Crippen molar-refractivity contribution in [1.29, 1.82) is 0 Å². The summed E-state index contributed by atoms with van der Waals surface area (Å²) in [5, 5.41) is 3.35. The van der Waals surface area contributed by atoms with Crippen molar-refractivity contribution in [2.75, 3.05) is 11.5 Å². The zero-order chi connectivity index (χ0) is 11.2. The molecule has 2 aromatic carbocycles. The minimum atomic E-state index is 0.341. The third-order valence-electron chi connectivity index (χ3n) is 2.10. The van der Waals surface area contributed by atoms with Crippen LogP contribution < -0.4 is 5.32 Å². The van der Waals surface area contributed by atoms with Gasteiger partial charge in [-0.2, -0.15) is 0 Å².